The topological polar surface area (TPSA) is 23.5 Å². The molecular weight excluding hydrogens is 217 g/mol. The van der Waals surface area contributed by atoms with Crippen LogP contribution in [0.2, 0.25) is 0 Å². The van der Waals surface area contributed by atoms with Gasteiger partial charge in [0.25, 0.3) is 0 Å². The summed E-state index contributed by atoms with van der Waals surface area (Å²) in [7, 11) is 0. The fourth-order valence-electron chi connectivity index (χ4n) is 2.53. The van der Waals surface area contributed by atoms with E-state index in [1.807, 2.05) is 6.92 Å². The molecular formula is C14H20FNO. The molecule has 17 heavy (non-hydrogen) atoms. The Morgan fingerprint density at radius 1 is 1.18 bits per heavy atom. The number of phenolic OH excluding ortho intramolecular Hbond substituents is 1. The second kappa shape index (κ2) is 5.50. The third-order valence-electron chi connectivity index (χ3n) is 3.62. The van der Waals surface area contributed by atoms with Gasteiger partial charge in [0, 0.05) is 17.7 Å². The van der Waals surface area contributed by atoms with Crippen LogP contribution >= 0.6 is 0 Å². The van der Waals surface area contributed by atoms with Gasteiger partial charge in [-0.2, -0.15) is 0 Å². The molecule has 1 saturated heterocycles. The first kappa shape index (κ1) is 12.4. The van der Waals surface area contributed by atoms with Gasteiger partial charge in [0.1, 0.15) is 11.6 Å². The summed E-state index contributed by atoms with van der Waals surface area (Å²) in [6.45, 7) is 4.13. The molecule has 1 fully saturated rings. The number of nitrogens with zero attached hydrogens (tertiary/aromatic N) is 1. The van der Waals surface area contributed by atoms with Crippen molar-refractivity contribution in [3.63, 3.8) is 0 Å². The van der Waals surface area contributed by atoms with E-state index in [1.165, 1.54) is 31.7 Å². The summed E-state index contributed by atoms with van der Waals surface area (Å²) in [5.41, 5.74) is 0.685. The van der Waals surface area contributed by atoms with Gasteiger partial charge in [0.15, 0.2) is 0 Å². The van der Waals surface area contributed by atoms with Gasteiger partial charge in [-0.3, -0.25) is 4.90 Å². The minimum absolute atomic E-state index is 0.00526. The predicted octanol–water partition coefficient (Wildman–Crippen LogP) is 3.47. The number of hydrogen-bond donors (Lipinski definition) is 1. The minimum atomic E-state index is -0.304. The lowest BCUT2D eigenvalue weighted by Gasteiger charge is -2.28. The van der Waals surface area contributed by atoms with E-state index in [9.17, 15) is 9.50 Å². The van der Waals surface area contributed by atoms with Crippen molar-refractivity contribution in [3.05, 3.63) is 29.6 Å². The first-order chi connectivity index (χ1) is 8.18. The van der Waals surface area contributed by atoms with E-state index in [-0.39, 0.29) is 17.6 Å². The molecule has 2 nitrogen and oxygen atoms in total. The monoisotopic (exact) mass is 237 g/mol. The van der Waals surface area contributed by atoms with E-state index in [4.69, 9.17) is 0 Å². The molecule has 3 heteroatoms. The third-order valence-corrected chi connectivity index (χ3v) is 3.62. The highest BCUT2D eigenvalue weighted by molar-refractivity contribution is 5.29. The number of aromatic hydroxyl groups is 1. The lowest BCUT2D eigenvalue weighted by Crippen LogP contribution is -2.28. The molecule has 1 heterocycles. The molecule has 0 aliphatic carbocycles. The van der Waals surface area contributed by atoms with Crippen molar-refractivity contribution in [1.29, 1.82) is 0 Å². The summed E-state index contributed by atoms with van der Waals surface area (Å²) < 4.78 is 13.8. The zero-order valence-electron chi connectivity index (χ0n) is 10.3. The second-order valence-electron chi connectivity index (χ2n) is 4.83. The van der Waals surface area contributed by atoms with Crippen molar-refractivity contribution in [1.82, 2.24) is 4.90 Å². The first-order valence-electron chi connectivity index (χ1n) is 6.41. The van der Waals surface area contributed by atoms with E-state index >= 15 is 0 Å². The third kappa shape index (κ3) is 2.97. The summed E-state index contributed by atoms with van der Waals surface area (Å²) in [5, 5.41) is 9.22. The van der Waals surface area contributed by atoms with Crippen LogP contribution in [0.3, 0.4) is 0 Å². The van der Waals surface area contributed by atoms with Crippen LogP contribution in [0.25, 0.3) is 0 Å². The highest BCUT2D eigenvalue weighted by Gasteiger charge is 2.19. The fourth-order valence-corrected chi connectivity index (χ4v) is 2.53. The van der Waals surface area contributed by atoms with E-state index < -0.39 is 0 Å². The summed E-state index contributed by atoms with van der Waals surface area (Å²) in [6.07, 6.45) is 4.96. The Hall–Kier alpha value is -1.09. The lowest BCUT2D eigenvalue weighted by molar-refractivity contribution is 0.215. The van der Waals surface area contributed by atoms with Crippen LogP contribution in [-0.4, -0.2) is 23.1 Å². The lowest BCUT2D eigenvalue weighted by atomic mass is 10.1. The van der Waals surface area contributed by atoms with E-state index in [1.54, 1.807) is 12.1 Å². The van der Waals surface area contributed by atoms with Crippen LogP contribution in [0, 0.1) is 5.82 Å². The van der Waals surface area contributed by atoms with Crippen LogP contribution in [-0.2, 0) is 0 Å². The maximum absolute atomic E-state index is 13.8. The summed E-state index contributed by atoms with van der Waals surface area (Å²) in [5.74, 6) is -0.309. The molecule has 1 N–H and O–H groups in total. The second-order valence-corrected chi connectivity index (χ2v) is 4.83. The fraction of sp³-hybridized carbons (Fsp3) is 0.571. The van der Waals surface area contributed by atoms with Crippen molar-refractivity contribution >= 4 is 0 Å². The summed E-state index contributed by atoms with van der Waals surface area (Å²) >= 11 is 0. The van der Waals surface area contributed by atoms with Gasteiger partial charge >= 0.3 is 0 Å². The Morgan fingerprint density at radius 3 is 2.41 bits per heavy atom. The molecule has 1 aromatic rings. The Morgan fingerprint density at radius 2 is 1.82 bits per heavy atom. The average Bonchev–Trinajstić information content (AvgIpc) is 2.56. The highest BCUT2D eigenvalue weighted by atomic mass is 19.1. The number of rotatable bonds is 2. The minimum Gasteiger partial charge on any atom is -0.508 e. The normalized spacial score (nSPS) is 19.9. The number of halogens is 1. The Balaban J connectivity index is 2.14. The molecule has 0 saturated carbocycles. The molecule has 0 aromatic heterocycles. The molecule has 1 unspecified atom stereocenters. The Labute approximate surface area is 102 Å². The van der Waals surface area contributed by atoms with E-state index in [2.05, 4.69) is 4.90 Å². The van der Waals surface area contributed by atoms with Crippen LogP contribution in [0.15, 0.2) is 18.2 Å². The molecule has 0 bridgehead atoms. The average molecular weight is 237 g/mol. The van der Waals surface area contributed by atoms with Crippen LogP contribution in [0.4, 0.5) is 4.39 Å². The standard InChI is InChI=1S/C14H20FNO/c1-11(16-8-4-2-3-5-9-16)13-7-6-12(17)10-14(13)15/h6-7,10-11,17H,2-5,8-9H2,1H3. The van der Waals surface area contributed by atoms with E-state index in [0.717, 1.165) is 13.1 Å². The maximum atomic E-state index is 13.8. The Bertz CT molecular complexity index is 372. The number of likely N-dealkylation sites (tertiary alicyclic amines) is 1. The predicted molar refractivity (Wildman–Crippen MR) is 66.5 cm³/mol. The van der Waals surface area contributed by atoms with Crippen LogP contribution in [0.5, 0.6) is 5.75 Å². The van der Waals surface area contributed by atoms with Crippen LogP contribution in [0.1, 0.15) is 44.2 Å². The molecule has 2 rings (SSSR count). The SMILES string of the molecule is CC(c1ccc(O)cc1F)N1CCCCCC1. The van der Waals surface area contributed by atoms with E-state index in [0.29, 0.717) is 5.56 Å². The molecule has 1 aliphatic heterocycles. The largest absolute Gasteiger partial charge is 0.508 e. The molecule has 0 amide bonds. The number of benzene rings is 1. The van der Waals surface area contributed by atoms with Crippen molar-refractivity contribution in [2.24, 2.45) is 0 Å². The van der Waals surface area contributed by atoms with Crippen LogP contribution < -0.4 is 0 Å². The zero-order chi connectivity index (χ0) is 12.3. The molecule has 94 valence electrons. The van der Waals surface area contributed by atoms with Gasteiger partial charge in [0.05, 0.1) is 0 Å². The number of phenols is 1. The number of hydrogen-bond acceptors (Lipinski definition) is 2. The quantitative estimate of drug-likeness (QED) is 0.851. The summed E-state index contributed by atoms with van der Waals surface area (Å²) in [6, 6.07) is 4.55. The van der Waals surface area contributed by atoms with Gasteiger partial charge in [-0.25, -0.2) is 4.39 Å². The van der Waals surface area contributed by atoms with Gasteiger partial charge in [-0.15, -0.1) is 0 Å². The highest BCUT2D eigenvalue weighted by Crippen LogP contribution is 2.27. The van der Waals surface area contributed by atoms with Gasteiger partial charge in [-0.05, 0) is 38.9 Å². The van der Waals surface area contributed by atoms with Crippen molar-refractivity contribution in [2.45, 2.75) is 38.6 Å². The maximum Gasteiger partial charge on any atom is 0.131 e. The van der Waals surface area contributed by atoms with Gasteiger partial charge < -0.3 is 5.11 Å². The molecule has 0 spiro atoms. The van der Waals surface area contributed by atoms with Crippen molar-refractivity contribution in [3.8, 4) is 5.75 Å². The van der Waals surface area contributed by atoms with Gasteiger partial charge in [0.2, 0.25) is 0 Å². The van der Waals surface area contributed by atoms with Gasteiger partial charge in [-0.1, -0.05) is 18.9 Å². The Kier molecular flexibility index (Phi) is 4.00. The smallest absolute Gasteiger partial charge is 0.131 e. The molecule has 0 radical (unpaired) electrons. The van der Waals surface area contributed by atoms with Crippen molar-refractivity contribution < 1.29 is 9.50 Å². The molecule has 1 aromatic carbocycles. The summed E-state index contributed by atoms with van der Waals surface area (Å²) in [4.78, 5) is 2.34. The zero-order valence-corrected chi connectivity index (χ0v) is 10.3. The molecule has 1 aliphatic rings. The first-order valence-corrected chi connectivity index (χ1v) is 6.41. The van der Waals surface area contributed by atoms with Crippen molar-refractivity contribution in [2.75, 3.05) is 13.1 Å². The molecule has 1 atom stereocenters.